The van der Waals surface area contributed by atoms with Gasteiger partial charge in [0.25, 0.3) is 5.69 Å². The number of nitro benzene ring substituents is 1. The molecule has 1 saturated heterocycles. The topological polar surface area (TPSA) is 118 Å². The first-order valence-corrected chi connectivity index (χ1v) is 8.01. The molecule has 22 heavy (non-hydrogen) atoms. The summed E-state index contributed by atoms with van der Waals surface area (Å²) in [5.74, 6) is -1.08. The van der Waals surface area contributed by atoms with Crippen molar-refractivity contribution in [2.45, 2.75) is 25.2 Å². The van der Waals surface area contributed by atoms with Gasteiger partial charge in [-0.15, -0.1) is 0 Å². The molecule has 1 heterocycles. The highest BCUT2D eigenvalue weighted by atomic mass is 32.2. The average Bonchev–Trinajstić information content (AvgIpc) is 2.83. The van der Waals surface area contributed by atoms with Crippen LogP contribution in [0, 0.1) is 22.5 Å². The Morgan fingerprint density at radius 2 is 2.09 bits per heavy atom. The fourth-order valence-corrected chi connectivity index (χ4v) is 4.47. The van der Waals surface area contributed by atoms with Crippen LogP contribution in [0.1, 0.15) is 18.9 Å². The quantitative estimate of drug-likeness (QED) is 0.659. The van der Waals surface area contributed by atoms with Crippen LogP contribution in [0.2, 0.25) is 0 Å². The molecule has 1 atom stereocenters. The second kappa shape index (κ2) is 5.33. The van der Waals surface area contributed by atoms with E-state index in [4.69, 9.17) is 0 Å². The van der Waals surface area contributed by atoms with Gasteiger partial charge in [-0.1, -0.05) is 12.1 Å². The van der Waals surface area contributed by atoms with Gasteiger partial charge in [-0.2, -0.15) is 4.31 Å². The van der Waals surface area contributed by atoms with E-state index in [1.807, 2.05) is 0 Å². The van der Waals surface area contributed by atoms with Crippen molar-refractivity contribution in [3.63, 3.8) is 0 Å². The molecule has 1 aromatic carbocycles. The SMILES string of the molecule is Cc1cccc([N+](=O)[O-])c1S(=O)(=O)N1CCC(C)(C(=O)O)C1. The predicted octanol–water partition coefficient (Wildman–Crippen LogP) is 1.39. The van der Waals surface area contributed by atoms with Crippen molar-refractivity contribution < 1.29 is 23.2 Å². The molecular formula is C13H16N2O6S. The summed E-state index contributed by atoms with van der Waals surface area (Å²) in [7, 11) is -4.12. The van der Waals surface area contributed by atoms with Crippen molar-refractivity contribution in [1.29, 1.82) is 0 Å². The predicted molar refractivity (Wildman–Crippen MR) is 77.0 cm³/mol. The molecule has 8 nitrogen and oxygen atoms in total. The van der Waals surface area contributed by atoms with Crippen molar-refractivity contribution >= 4 is 21.7 Å². The first kappa shape index (κ1) is 16.4. The van der Waals surface area contributed by atoms with E-state index in [0.717, 1.165) is 10.4 Å². The summed E-state index contributed by atoms with van der Waals surface area (Å²) in [6.45, 7) is 2.77. The number of aliphatic carboxylic acids is 1. The third-order valence-corrected chi connectivity index (χ3v) is 5.98. The normalized spacial score (nSPS) is 22.6. The Morgan fingerprint density at radius 3 is 2.59 bits per heavy atom. The van der Waals surface area contributed by atoms with Gasteiger partial charge in [-0.3, -0.25) is 14.9 Å². The minimum atomic E-state index is -4.12. The molecular weight excluding hydrogens is 312 g/mol. The third-order valence-electron chi connectivity index (χ3n) is 3.94. The number of carboxylic acid groups (broad SMARTS) is 1. The van der Waals surface area contributed by atoms with Crippen LogP contribution in [0.5, 0.6) is 0 Å². The van der Waals surface area contributed by atoms with Gasteiger partial charge >= 0.3 is 5.97 Å². The number of sulfonamides is 1. The zero-order valence-corrected chi connectivity index (χ0v) is 13.0. The van der Waals surface area contributed by atoms with E-state index in [0.29, 0.717) is 0 Å². The molecule has 0 amide bonds. The fourth-order valence-electron chi connectivity index (χ4n) is 2.54. The number of aryl methyl sites for hydroxylation is 1. The van der Waals surface area contributed by atoms with Crippen molar-refractivity contribution in [1.82, 2.24) is 4.31 Å². The Morgan fingerprint density at radius 1 is 1.45 bits per heavy atom. The van der Waals surface area contributed by atoms with E-state index in [9.17, 15) is 28.4 Å². The zero-order chi connectivity index (χ0) is 16.7. The van der Waals surface area contributed by atoms with Crippen LogP contribution in [0.15, 0.2) is 23.1 Å². The molecule has 0 saturated carbocycles. The van der Waals surface area contributed by atoms with Gasteiger partial charge in [0.15, 0.2) is 4.90 Å². The van der Waals surface area contributed by atoms with Gasteiger partial charge in [-0.25, -0.2) is 8.42 Å². The van der Waals surface area contributed by atoms with Crippen LogP contribution in [0.4, 0.5) is 5.69 Å². The molecule has 1 fully saturated rings. The second-order valence-corrected chi connectivity index (χ2v) is 7.51. The first-order chi connectivity index (χ1) is 10.1. The van der Waals surface area contributed by atoms with Crippen LogP contribution in [-0.4, -0.2) is 41.8 Å². The molecule has 0 aromatic heterocycles. The molecule has 0 aliphatic carbocycles. The summed E-state index contributed by atoms with van der Waals surface area (Å²) in [4.78, 5) is 21.2. The maximum Gasteiger partial charge on any atom is 0.310 e. The van der Waals surface area contributed by atoms with Crippen molar-refractivity contribution in [3.05, 3.63) is 33.9 Å². The third kappa shape index (κ3) is 2.57. The molecule has 120 valence electrons. The Bertz CT molecular complexity index is 745. The highest BCUT2D eigenvalue weighted by Gasteiger charge is 2.46. The zero-order valence-electron chi connectivity index (χ0n) is 12.1. The lowest BCUT2D eigenvalue weighted by atomic mass is 9.90. The Labute approximate surface area is 127 Å². The van der Waals surface area contributed by atoms with Gasteiger partial charge in [0.1, 0.15) is 0 Å². The molecule has 0 spiro atoms. The maximum absolute atomic E-state index is 12.7. The maximum atomic E-state index is 12.7. The number of rotatable bonds is 4. The Hall–Kier alpha value is -2.00. The number of nitrogens with zero attached hydrogens (tertiary/aromatic N) is 2. The van der Waals surface area contributed by atoms with Gasteiger partial charge in [0, 0.05) is 19.2 Å². The summed E-state index contributed by atoms with van der Waals surface area (Å²) in [5.41, 5.74) is -1.41. The summed E-state index contributed by atoms with van der Waals surface area (Å²) in [5, 5.41) is 20.3. The Balaban J connectivity index is 2.50. The van der Waals surface area contributed by atoms with Crippen LogP contribution < -0.4 is 0 Å². The van der Waals surface area contributed by atoms with Crippen LogP contribution in [0.3, 0.4) is 0 Å². The molecule has 0 radical (unpaired) electrons. The average molecular weight is 328 g/mol. The van der Waals surface area contributed by atoms with Crippen molar-refractivity contribution in [2.24, 2.45) is 5.41 Å². The number of benzene rings is 1. The standard InChI is InChI=1S/C13H16N2O6S/c1-9-4-3-5-10(15(18)19)11(9)22(20,21)14-7-6-13(2,8-14)12(16)17/h3-5H,6-8H2,1-2H3,(H,16,17). The van der Waals surface area contributed by atoms with Crippen LogP contribution in [0.25, 0.3) is 0 Å². The monoisotopic (exact) mass is 328 g/mol. The van der Waals surface area contributed by atoms with Gasteiger partial charge in [0.05, 0.1) is 10.3 Å². The number of carbonyl (C=O) groups is 1. The van der Waals surface area contributed by atoms with Gasteiger partial charge < -0.3 is 5.11 Å². The lowest BCUT2D eigenvalue weighted by molar-refractivity contribution is -0.387. The smallest absolute Gasteiger partial charge is 0.310 e. The van der Waals surface area contributed by atoms with Crippen LogP contribution in [-0.2, 0) is 14.8 Å². The molecule has 1 aromatic rings. The van der Waals surface area contributed by atoms with Crippen molar-refractivity contribution in [2.75, 3.05) is 13.1 Å². The van der Waals surface area contributed by atoms with Gasteiger partial charge in [-0.05, 0) is 25.8 Å². The van der Waals surface area contributed by atoms with E-state index >= 15 is 0 Å². The van der Waals surface area contributed by atoms with E-state index in [1.54, 1.807) is 0 Å². The summed E-state index contributed by atoms with van der Waals surface area (Å²) in [6.07, 6.45) is 0.168. The van der Waals surface area contributed by atoms with E-state index in [2.05, 4.69) is 0 Å². The Kier molecular flexibility index (Phi) is 3.96. The summed E-state index contributed by atoms with van der Waals surface area (Å²) < 4.78 is 26.4. The molecule has 1 aliphatic heterocycles. The minimum absolute atomic E-state index is 0.0244. The molecule has 0 bridgehead atoms. The lowest BCUT2D eigenvalue weighted by Crippen LogP contribution is -2.35. The molecule has 1 aliphatic rings. The van der Waals surface area contributed by atoms with Crippen LogP contribution >= 0.6 is 0 Å². The number of hydrogen-bond acceptors (Lipinski definition) is 5. The fraction of sp³-hybridized carbons (Fsp3) is 0.462. The lowest BCUT2D eigenvalue weighted by Gasteiger charge is -2.20. The highest BCUT2D eigenvalue weighted by molar-refractivity contribution is 7.89. The first-order valence-electron chi connectivity index (χ1n) is 6.57. The largest absolute Gasteiger partial charge is 0.481 e. The second-order valence-electron chi connectivity index (χ2n) is 5.63. The highest BCUT2D eigenvalue weighted by Crippen LogP contribution is 2.37. The minimum Gasteiger partial charge on any atom is -0.481 e. The summed E-state index contributed by atoms with van der Waals surface area (Å²) in [6, 6.07) is 4.02. The number of hydrogen-bond donors (Lipinski definition) is 1. The number of nitro groups is 1. The van der Waals surface area contributed by atoms with E-state index in [1.165, 1.54) is 26.0 Å². The molecule has 9 heteroatoms. The van der Waals surface area contributed by atoms with E-state index < -0.39 is 32.0 Å². The van der Waals surface area contributed by atoms with E-state index in [-0.39, 0.29) is 30.0 Å². The van der Waals surface area contributed by atoms with Crippen molar-refractivity contribution in [3.8, 4) is 0 Å². The summed E-state index contributed by atoms with van der Waals surface area (Å²) >= 11 is 0. The molecule has 2 rings (SSSR count). The molecule has 1 unspecified atom stereocenters. The molecule has 1 N–H and O–H groups in total. The number of carboxylic acids is 1. The van der Waals surface area contributed by atoms with Gasteiger partial charge in [0.2, 0.25) is 10.0 Å².